The van der Waals surface area contributed by atoms with Crippen LogP contribution in [0.2, 0.25) is 0 Å². The molecule has 0 heterocycles. The summed E-state index contributed by atoms with van der Waals surface area (Å²) in [5, 5.41) is 19.4. The Hall–Kier alpha value is -1.33. The van der Waals surface area contributed by atoms with Gasteiger partial charge in [0.1, 0.15) is 0 Å². The van der Waals surface area contributed by atoms with Crippen molar-refractivity contribution >= 4 is 0 Å². The van der Waals surface area contributed by atoms with Gasteiger partial charge in [0.15, 0.2) is 0 Å². The molecule has 0 saturated carbocycles. The first-order valence-electron chi connectivity index (χ1n) is 6.26. The third kappa shape index (κ3) is 3.57. The fourth-order valence-corrected chi connectivity index (χ4v) is 2.18. The highest BCUT2D eigenvalue weighted by molar-refractivity contribution is 5.35. The van der Waals surface area contributed by atoms with Crippen molar-refractivity contribution in [1.82, 2.24) is 0 Å². The van der Waals surface area contributed by atoms with Gasteiger partial charge in [0.25, 0.3) is 0 Å². The predicted octanol–water partition coefficient (Wildman–Crippen LogP) is 3.59. The fourth-order valence-electron chi connectivity index (χ4n) is 2.18. The summed E-state index contributed by atoms with van der Waals surface area (Å²) in [6.45, 7) is 6.13. The Morgan fingerprint density at radius 1 is 1.35 bits per heavy atom. The van der Waals surface area contributed by atoms with E-state index in [9.17, 15) is 5.11 Å². The lowest BCUT2D eigenvalue weighted by Gasteiger charge is -2.28. The van der Waals surface area contributed by atoms with Gasteiger partial charge in [0.2, 0.25) is 0 Å². The Morgan fingerprint density at radius 3 is 2.53 bits per heavy atom. The molecule has 0 aliphatic rings. The molecular weight excluding hydrogens is 210 g/mol. The van der Waals surface area contributed by atoms with Gasteiger partial charge >= 0.3 is 0 Å². The van der Waals surface area contributed by atoms with Crippen LogP contribution >= 0.6 is 0 Å². The molecule has 0 radical (unpaired) electrons. The third-order valence-electron chi connectivity index (χ3n) is 3.45. The zero-order valence-electron chi connectivity index (χ0n) is 10.9. The van der Waals surface area contributed by atoms with Crippen LogP contribution in [0.15, 0.2) is 24.3 Å². The van der Waals surface area contributed by atoms with Crippen LogP contribution in [0.1, 0.15) is 51.2 Å². The van der Waals surface area contributed by atoms with Crippen molar-refractivity contribution in [3.05, 3.63) is 35.4 Å². The molecule has 0 aromatic heterocycles. The van der Waals surface area contributed by atoms with E-state index in [1.54, 1.807) is 12.1 Å². The highest BCUT2D eigenvalue weighted by Crippen LogP contribution is 2.31. The minimum Gasteiger partial charge on any atom is -0.385 e. The number of rotatable bonds is 5. The fraction of sp³-hybridized carbons (Fsp3) is 0.533. The van der Waals surface area contributed by atoms with E-state index in [1.807, 2.05) is 19.1 Å². The van der Waals surface area contributed by atoms with Gasteiger partial charge in [-0.2, -0.15) is 5.26 Å². The summed E-state index contributed by atoms with van der Waals surface area (Å²) in [5.41, 5.74) is 0.597. The van der Waals surface area contributed by atoms with E-state index in [-0.39, 0.29) is 0 Å². The van der Waals surface area contributed by atoms with Gasteiger partial charge in [-0.25, -0.2) is 0 Å². The highest BCUT2D eigenvalue weighted by Gasteiger charge is 2.26. The normalized spacial score (nSPS) is 14.4. The van der Waals surface area contributed by atoms with Crippen molar-refractivity contribution in [2.45, 2.75) is 45.6 Å². The Balaban J connectivity index is 2.92. The molecule has 0 aliphatic heterocycles. The lowest BCUT2D eigenvalue weighted by molar-refractivity contribution is 0.0285. The predicted molar refractivity (Wildman–Crippen MR) is 69.4 cm³/mol. The first-order chi connectivity index (χ1) is 8.03. The van der Waals surface area contributed by atoms with Gasteiger partial charge in [-0.05, 0) is 37.0 Å². The number of aliphatic hydroxyl groups is 1. The largest absolute Gasteiger partial charge is 0.385 e. The summed E-state index contributed by atoms with van der Waals surface area (Å²) in [4.78, 5) is 0. The second-order valence-corrected chi connectivity index (χ2v) is 4.85. The molecule has 0 spiro atoms. The van der Waals surface area contributed by atoms with Crippen LogP contribution in [-0.4, -0.2) is 5.11 Å². The number of hydrogen-bond donors (Lipinski definition) is 1. The molecule has 1 atom stereocenters. The molecule has 1 rings (SSSR count). The van der Waals surface area contributed by atoms with Crippen molar-refractivity contribution in [2.24, 2.45) is 5.92 Å². The Labute approximate surface area is 104 Å². The molecule has 17 heavy (non-hydrogen) atoms. The van der Waals surface area contributed by atoms with E-state index in [0.717, 1.165) is 24.8 Å². The average molecular weight is 231 g/mol. The van der Waals surface area contributed by atoms with Crippen LogP contribution in [-0.2, 0) is 5.60 Å². The summed E-state index contributed by atoms with van der Waals surface area (Å²) in [6.07, 6.45) is 2.89. The van der Waals surface area contributed by atoms with Crippen molar-refractivity contribution in [3.63, 3.8) is 0 Å². The van der Waals surface area contributed by atoms with Gasteiger partial charge in [0, 0.05) is 0 Å². The maximum absolute atomic E-state index is 10.5. The Bertz CT molecular complexity index is 400. The van der Waals surface area contributed by atoms with E-state index in [0.29, 0.717) is 11.5 Å². The minimum atomic E-state index is -0.844. The van der Waals surface area contributed by atoms with Crippen molar-refractivity contribution in [2.75, 3.05) is 0 Å². The molecular formula is C15H21NO. The monoisotopic (exact) mass is 231 g/mol. The third-order valence-corrected chi connectivity index (χ3v) is 3.45. The van der Waals surface area contributed by atoms with Crippen LogP contribution in [0.25, 0.3) is 0 Å². The molecule has 0 fully saturated rings. The van der Waals surface area contributed by atoms with E-state index < -0.39 is 5.60 Å². The number of nitrogens with zero attached hydrogens (tertiary/aromatic N) is 1. The summed E-state index contributed by atoms with van der Waals surface area (Å²) in [7, 11) is 0. The van der Waals surface area contributed by atoms with Crippen LogP contribution in [0, 0.1) is 17.2 Å². The number of nitriles is 1. The van der Waals surface area contributed by atoms with Crippen molar-refractivity contribution in [3.8, 4) is 6.07 Å². The molecule has 1 unspecified atom stereocenters. The van der Waals surface area contributed by atoms with Gasteiger partial charge in [0.05, 0.1) is 17.2 Å². The SMILES string of the molecule is CCC(CC)CC(C)(O)c1cccc(C#N)c1. The van der Waals surface area contributed by atoms with Gasteiger partial charge in [-0.15, -0.1) is 0 Å². The zero-order valence-corrected chi connectivity index (χ0v) is 10.9. The first-order valence-corrected chi connectivity index (χ1v) is 6.26. The zero-order chi connectivity index (χ0) is 12.9. The quantitative estimate of drug-likeness (QED) is 0.841. The molecule has 0 amide bonds. The molecule has 1 N–H and O–H groups in total. The summed E-state index contributed by atoms with van der Waals surface area (Å²) in [5.74, 6) is 0.524. The van der Waals surface area contributed by atoms with Crippen LogP contribution in [0.3, 0.4) is 0 Å². The summed E-state index contributed by atoms with van der Waals surface area (Å²) >= 11 is 0. The van der Waals surface area contributed by atoms with E-state index in [1.165, 1.54) is 0 Å². The molecule has 0 aliphatic carbocycles. The molecule has 1 aromatic rings. The van der Waals surface area contributed by atoms with E-state index in [2.05, 4.69) is 19.9 Å². The van der Waals surface area contributed by atoms with Crippen molar-refractivity contribution in [1.29, 1.82) is 5.26 Å². The number of hydrogen-bond acceptors (Lipinski definition) is 2. The molecule has 2 nitrogen and oxygen atoms in total. The summed E-state index contributed by atoms with van der Waals surface area (Å²) in [6, 6.07) is 9.37. The Morgan fingerprint density at radius 2 is 2.00 bits per heavy atom. The van der Waals surface area contributed by atoms with Crippen LogP contribution < -0.4 is 0 Å². The van der Waals surface area contributed by atoms with E-state index in [4.69, 9.17) is 5.26 Å². The maximum Gasteiger partial charge on any atom is 0.0991 e. The Kier molecular flexibility index (Phi) is 4.72. The molecule has 92 valence electrons. The van der Waals surface area contributed by atoms with Crippen LogP contribution in [0.5, 0.6) is 0 Å². The van der Waals surface area contributed by atoms with Crippen molar-refractivity contribution < 1.29 is 5.11 Å². The topological polar surface area (TPSA) is 44.0 Å². The standard InChI is InChI=1S/C15H21NO/c1-4-12(5-2)10-15(3,17)14-8-6-7-13(9-14)11-16/h6-9,12,17H,4-5,10H2,1-3H3. The smallest absolute Gasteiger partial charge is 0.0991 e. The van der Waals surface area contributed by atoms with Gasteiger partial charge in [-0.3, -0.25) is 0 Å². The first kappa shape index (κ1) is 13.7. The summed E-state index contributed by atoms with van der Waals surface area (Å²) < 4.78 is 0. The molecule has 1 aromatic carbocycles. The highest BCUT2D eigenvalue weighted by atomic mass is 16.3. The van der Waals surface area contributed by atoms with E-state index >= 15 is 0 Å². The maximum atomic E-state index is 10.5. The van der Waals surface area contributed by atoms with Crippen LogP contribution in [0.4, 0.5) is 0 Å². The number of benzene rings is 1. The lowest BCUT2D eigenvalue weighted by atomic mass is 9.83. The van der Waals surface area contributed by atoms with Gasteiger partial charge < -0.3 is 5.11 Å². The average Bonchev–Trinajstić information content (AvgIpc) is 2.36. The van der Waals surface area contributed by atoms with Gasteiger partial charge in [-0.1, -0.05) is 38.8 Å². The molecule has 2 heteroatoms. The molecule has 0 saturated heterocycles. The lowest BCUT2D eigenvalue weighted by Crippen LogP contribution is -2.24. The molecule has 0 bridgehead atoms. The minimum absolute atomic E-state index is 0.524. The second kappa shape index (κ2) is 5.84. The second-order valence-electron chi connectivity index (χ2n) is 4.85.